The summed E-state index contributed by atoms with van der Waals surface area (Å²) in [5, 5.41) is 1.25. The lowest BCUT2D eigenvalue weighted by Gasteiger charge is -1.96. The molecule has 3 N–H and O–H groups in total. The number of nitrogens with one attached hydrogen (secondary N) is 1. The minimum absolute atomic E-state index is 0.557. The van der Waals surface area contributed by atoms with E-state index in [9.17, 15) is 0 Å². The zero-order valence-corrected chi connectivity index (χ0v) is 7.29. The summed E-state index contributed by atoms with van der Waals surface area (Å²) < 4.78 is 0. The highest BCUT2D eigenvalue weighted by Crippen LogP contribution is 2.17. The smallest absolute Gasteiger partial charge is 0.0720 e. The molecule has 2 aromatic rings. The lowest BCUT2D eigenvalue weighted by molar-refractivity contribution is 0.141. The maximum Gasteiger partial charge on any atom is 0.0720 e. The second-order valence-corrected chi connectivity index (χ2v) is 2.98. The Hall–Kier alpha value is -1.32. The average Bonchev–Trinajstić information content (AvgIpc) is 2.58. The number of aromatic nitrogens is 1. The number of fused-ring (bicyclic) bond motifs is 1. The van der Waals surface area contributed by atoms with E-state index in [-0.39, 0.29) is 0 Å². The molecule has 0 saturated carbocycles. The van der Waals surface area contributed by atoms with Gasteiger partial charge in [0.15, 0.2) is 0 Å². The predicted octanol–water partition coefficient (Wildman–Crippen LogP) is 1.60. The van der Waals surface area contributed by atoms with E-state index in [4.69, 9.17) is 5.90 Å². The fourth-order valence-electron chi connectivity index (χ4n) is 1.51. The summed E-state index contributed by atoms with van der Waals surface area (Å²) >= 11 is 0. The minimum atomic E-state index is 0.557. The van der Waals surface area contributed by atoms with Crippen molar-refractivity contribution in [2.75, 3.05) is 6.61 Å². The number of hydrogen-bond acceptors (Lipinski definition) is 2. The van der Waals surface area contributed by atoms with Crippen LogP contribution in [0.2, 0.25) is 0 Å². The van der Waals surface area contributed by atoms with Crippen LogP contribution in [0.5, 0.6) is 0 Å². The van der Waals surface area contributed by atoms with Gasteiger partial charge in [0.2, 0.25) is 0 Å². The molecule has 0 saturated heterocycles. The molecular formula is C10H12N2O. The Bertz CT molecular complexity index is 394. The van der Waals surface area contributed by atoms with Gasteiger partial charge in [0, 0.05) is 17.1 Å². The highest BCUT2D eigenvalue weighted by Gasteiger charge is 2.01. The highest BCUT2D eigenvalue weighted by atomic mass is 16.6. The molecule has 0 fully saturated rings. The van der Waals surface area contributed by atoms with Gasteiger partial charge in [-0.25, -0.2) is 5.90 Å². The maximum absolute atomic E-state index is 4.98. The molecule has 0 amide bonds. The lowest BCUT2D eigenvalue weighted by Crippen LogP contribution is -2.03. The summed E-state index contributed by atoms with van der Waals surface area (Å²) in [4.78, 5) is 7.75. The number of nitrogens with two attached hydrogens (primary N) is 1. The van der Waals surface area contributed by atoms with Gasteiger partial charge >= 0.3 is 0 Å². The third-order valence-electron chi connectivity index (χ3n) is 2.16. The standard InChI is InChI=1S/C10H12N2O/c11-13-6-5-8-7-12-10-4-2-1-3-9(8)10/h1-4,7,12H,5-6,11H2. The van der Waals surface area contributed by atoms with Crippen LogP contribution in [-0.2, 0) is 11.3 Å². The SMILES string of the molecule is NOCCc1c[nH]c2ccccc12. The van der Waals surface area contributed by atoms with Crippen LogP contribution in [0.3, 0.4) is 0 Å². The van der Waals surface area contributed by atoms with Crippen molar-refractivity contribution >= 4 is 10.9 Å². The largest absolute Gasteiger partial charge is 0.361 e. The van der Waals surface area contributed by atoms with Crippen molar-refractivity contribution in [3.8, 4) is 0 Å². The number of benzene rings is 1. The molecule has 0 aliphatic heterocycles. The number of hydrogen-bond donors (Lipinski definition) is 2. The molecule has 0 aliphatic rings. The first kappa shape index (κ1) is 8.29. The monoisotopic (exact) mass is 176 g/mol. The number of H-pyrrole nitrogens is 1. The summed E-state index contributed by atoms with van der Waals surface area (Å²) in [6.45, 7) is 0.557. The molecule has 1 heterocycles. The Kier molecular flexibility index (Phi) is 2.29. The molecule has 1 aromatic heterocycles. The number of aromatic amines is 1. The Labute approximate surface area is 76.5 Å². The summed E-state index contributed by atoms with van der Waals surface area (Å²) in [5.74, 6) is 4.98. The molecule has 68 valence electrons. The lowest BCUT2D eigenvalue weighted by atomic mass is 10.1. The summed E-state index contributed by atoms with van der Waals surface area (Å²) in [7, 11) is 0. The molecule has 0 radical (unpaired) electrons. The summed E-state index contributed by atoms with van der Waals surface area (Å²) in [6.07, 6.45) is 2.85. The van der Waals surface area contributed by atoms with Crippen LogP contribution in [0.15, 0.2) is 30.5 Å². The normalized spacial score (nSPS) is 10.8. The average molecular weight is 176 g/mol. The Balaban J connectivity index is 2.35. The molecule has 0 unspecified atom stereocenters. The molecule has 3 nitrogen and oxygen atoms in total. The van der Waals surface area contributed by atoms with Gasteiger partial charge in [0.25, 0.3) is 0 Å². The first-order valence-electron chi connectivity index (χ1n) is 4.28. The van der Waals surface area contributed by atoms with Crippen LogP contribution < -0.4 is 5.90 Å². The van der Waals surface area contributed by atoms with Crippen LogP contribution in [0, 0.1) is 0 Å². The second-order valence-electron chi connectivity index (χ2n) is 2.98. The maximum atomic E-state index is 4.98. The minimum Gasteiger partial charge on any atom is -0.361 e. The molecule has 0 aliphatic carbocycles. The van der Waals surface area contributed by atoms with E-state index >= 15 is 0 Å². The summed E-state index contributed by atoms with van der Waals surface area (Å²) in [6, 6.07) is 8.20. The zero-order chi connectivity index (χ0) is 9.10. The van der Waals surface area contributed by atoms with E-state index in [0.29, 0.717) is 6.61 Å². The van der Waals surface area contributed by atoms with E-state index in [2.05, 4.69) is 22.0 Å². The molecule has 0 atom stereocenters. The van der Waals surface area contributed by atoms with Crippen LogP contribution in [0.4, 0.5) is 0 Å². The zero-order valence-electron chi connectivity index (χ0n) is 7.29. The fraction of sp³-hybridized carbons (Fsp3) is 0.200. The quantitative estimate of drug-likeness (QED) is 0.698. The van der Waals surface area contributed by atoms with E-state index in [0.717, 1.165) is 11.9 Å². The topological polar surface area (TPSA) is 51.0 Å². The molecule has 3 heteroatoms. The van der Waals surface area contributed by atoms with Crippen LogP contribution >= 0.6 is 0 Å². The molecule has 2 rings (SSSR count). The Morgan fingerprint density at radius 3 is 3.00 bits per heavy atom. The van der Waals surface area contributed by atoms with Gasteiger partial charge in [-0.2, -0.15) is 0 Å². The third-order valence-corrected chi connectivity index (χ3v) is 2.16. The van der Waals surface area contributed by atoms with Crippen molar-refractivity contribution in [2.24, 2.45) is 5.90 Å². The van der Waals surface area contributed by atoms with Crippen molar-refractivity contribution < 1.29 is 4.84 Å². The van der Waals surface area contributed by atoms with Gasteiger partial charge in [0.1, 0.15) is 0 Å². The van der Waals surface area contributed by atoms with Gasteiger partial charge < -0.3 is 9.82 Å². The first-order valence-corrected chi connectivity index (χ1v) is 4.28. The van der Waals surface area contributed by atoms with E-state index in [1.807, 2.05) is 18.3 Å². The van der Waals surface area contributed by atoms with Gasteiger partial charge in [0.05, 0.1) is 6.61 Å². The Morgan fingerprint density at radius 2 is 2.15 bits per heavy atom. The second kappa shape index (κ2) is 3.60. The molecular weight excluding hydrogens is 164 g/mol. The summed E-state index contributed by atoms with van der Waals surface area (Å²) in [5.41, 5.74) is 2.41. The van der Waals surface area contributed by atoms with Crippen molar-refractivity contribution in [3.05, 3.63) is 36.0 Å². The highest BCUT2D eigenvalue weighted by molar-refractivity contribution is 5.82. The first-order chi connectivity index (χ1) is 6.42. The number of para-hydroxylation sites is 1. The molecule has 0 bridgehead atoms. The van der Waals surface area contributed by atoms with E-state index < -0.39 is 0 Å². The van der Waals surface area contributed by atoms with Crippen LogP contribution in [-0.4, -0.2) is 11.6 Å². The van der Waals surface area contributed by atoms with Gasteiger partial charge in [-0.05, 0) is 18.1 Å². The van der Waals surface area contributed by atoms with Crippen molar-refractivity contribution in [3.63, 3.8) is 0 Å². The Morgan fingerprint density at radius 1 is 1.31 bits per heavy atom. The molecule has 1 aromatic carbocycles. The fourth-order valence-corrected chi connectivity index (χ4v) is 1.51. The molecule has 13 heavy (non-hydrogen) atoms. The van der Waals surface area contributed by atoms with Crippen LogP contribution in [0.1, 0.15) is 5.56 Å². The third kappa shape index (κ3) is 1.56. The predicted molar refractivity (Wildman–Crippen MR) is 52.1 cm³/mol. The van der Waals surface area contributed by atoms with Gasteiger partial charge in [-0.15, -0.1) is 0 Å². The van der Waals surface area contributed by atoms with Crippen molar-refractivity contribution in [1.82, 2.24) is 4.98 Å². The van der Waals surface area contributed by atoms with Crippen molar-refractivity contribution in [1.29, 1.82) is 0 Å². The number of rotatable bonds is 3. The van der Waals surface area contributed by atoms with Crippen molar-refractivity contribution in [2.45, 2.75) is 6.42 Å². The molecule has 0 spiro atoms. The van der Waals surface area contributed by atoms with E-state index in [1.54, 1.807) is 0 Å². The van der Waals surface area contributed by atoms with Crippen LogP contribution in [0.25, 0.3) is 10.9 Å². The van der Waals surface area contributed by atoms with Gasteiger partial charge in [-0.3, -0.25) is 0 Å². The van der Waals surface area contributed by atoms with Gasteiger partial charge in [-0.1, -0.05) is 18.2 Å². The van der Waals surface area contributed by atoms with E-state index in [1.165, 1.54) is 10.9 Å².